The minimum atomic E-state index is -0.855. The third-order valence-corrected chi connectivity index (χ3v) is 10.4. The van der Waals surface area contributed by atoms with Crippen LogP contribution in [0.25, 0.3) is 56.5 Å². The molecule has 0 spiro atoms. The molecule has 0 fully saturated rings. The number of hydrogen-bond acceptors (Lipinski definition) is 6. The van der Waals surface area contributed by atoms with E-state index in [4.69, 9.17) is 9.97 Å². The van der Waals surface area contributed by atoms with Crippen LogP contribution in [0.15, 0.2) is 37.4 Å². The Kier molecular flexibility index (Phi) is 11.6. The summed E-state index contributed by atoms with van der Waals surface area (Å²) in [6, 6.07) is 9.05. The first-order valence-corrected chi connectivity index (χ1v) is 18.0. The molecule has 0 aliphatic carbocycles. The third-order valence-electron chi connectivity index (χ3n) is 10.4. The molecule has 270 valence electrons. The maximum atomic E-state index is 11.7. The number of hydrogen-bond donors (Lipinski definition) is 5. The highest BCUT2D eigenvalue weighted by atomic mass is 16.4. The third kappa shape index (κ3) is 8.01. The molecular formula is C42H54N6O3. The molecule has 2 aliphatic heterocycles. The number of aliphatic carboxylic acids is 1. The molecule has 3 aromatic rings. The van der Waals surface area contributed by atoms with E-state index in [1.54, 1.807) is 0 Å². The average Bonchev–Trinajstić information content (AvgIpc) is 3.73. The van der Waals surface area contributed by atoms with Crippen LogP contribution in [0.5, 0.6) is 0 Å². The van der Waals surface area contributed by atoms with E-state index >= 15 is 0 Å². The summed E-state index contributed by atoms with van der Waals surface area (Å²) in [7, 11) is 0. The topological polar surface area (TPSA) is 130 Å². The molecule has 0 amide bonds. The Balaban J connectivity index is 1.67. The summed E-state index contributed by atoms with van der Waals surface area (Å²) < 4.78 is 0. The minimum Gasteiger partial charge on any atom is -0.481 e. The van der Waals surface area contributed by atoms with E-state index in [1.165, 1.54) is 0 Å². The highest BCUT2D eigenvalue weighted by Crippen LogP contribution is 2.38. The predicted molar refractivity (Wildman–Crippen MR) is 213 cm³/mol. The number of fused-ring (bicyclic) bond motifs is 8. The molecule has 0 radical (unpaired) electrons. The van der Waals surface area contributed by atoms with Crippen LogP contribution in [0.4, 0.5) is 0 Å². The van der Waals surface area contributed by atoms with Gasteiger partial charge in [-0.1, -0.05) is 25.3 Å². The molecular weight excluding hydrogens is 637 g/mol. The smallest absolute Gasteiger partial charge is 0.303 e. The second-order valence-electron chi connectivity index (χ2n) is 14.3. The Hall–Kier alpha value is -4.57. The fraction of sp³-hybridized carbons (Fsp3) is 0.405. The van der Waals surface area contributed by atoms with Gasteiger partial charge in [-0.2, -0.15) is 0 Å². The maximum Gasteiger partial charge on any atom is 0.303 e. The number of allylic oxidation sites excluding steroid dienone is 4. The van der Waals surface area contributed by atoms with Crippen LogP contribution in [-0.2, 0) is 4.79 Å². The van der Waals surface area contributed by atoms with Crippen LogP contribution < -0.4 is 5.32 Å². The van der Waals surface area contributed by atoms with Crippen molar-refractivity contribution in [3.05, 3.63) is 82.5 Å². The summed E-state index contributed by atoms with van der Waals surface area (Å²) in [4.78, 5) is 31.6. The molecule has 1 atom stereocenters. The largest absolute Gasteiger partial charge is 0.481 e. The van der Waals surface area contributed by atoms with E-state index in [0.29, 0.717) is 43.6 Å². The van der Waals surface area contributed by atoms with Gasteiger partial charge in [0, 0.05) is 64.8 Å². The van der Waals surface area contributed by atoms with Crippen LogP contribution in [0.1, 0.15) is 112 Å². The summed E-state index contributed by atoms with van der Waals surface area (Å²) in [5.41, 5.74) is 14.8. The highest BCUT2D eigenvalue weighted by Gasteiger charge is 2.23. The molecule has 1 unspecified atom stereocenters. The number of nitrogens with zero attached hydrogens (tertiary/aromatic N) is 3. The van der Waals surface area contributed by atoms with Gasteiger partial charge in [0.25, 0.3) is 0 Å². The van der Waals surface area contributed by atoms with E-state index in [0.717, 1.165) is 90.2 Å². The van der Waals surface area contributed by atoms with Gasteiger partial charge < -0.3 is 20.2 Å². The van der Waals surface area contributed by atoms with Crippen molar-refractivity contribution in [3.63, 3.8) is 0 Å². The molecule has 3 aromatic heterocycles. The normalized spacial score (nSPS) is 14.0. The standard InChI is InChI=1S/C42H54N6O3/c1-11-29-25(7)33-19-34-28(10)32(14-16-42(50)51)40(46-34)22-39-31(13-15-41(49)43-17-18-48(23(3)4)24(5)6)27(9)36(47-39)21-38-30(12-2)26(8)35(45-38)20-37(29)44-33/h11-12,19-24,41,43-45,49H,1-2,13-18H2,3-10H3,(H,50,51). The summed E-state index contributed by atoms with van der Waals surface area (Å²) in [5, 5.41) is 24.0. The van der Waals surface area contributed by atoms with Gasteiger partial charge in [0.2, 0.25) is 0 Å². The lowest BCUT2D eigenvalue weighted by molar-refractivity contribution is -0.136. The van der Waals surface area contributed by atoms with Gasteiger partial charge in [-0.05, 0) is 132 Å². The number of H-pyrrole nitrogens is 2. The number of rotatable bonds is 14. The van der Waals surface area contributed by atoms with Gasteiger partial charge in [-0.3, -0.25) is 15.0 Å². The molecule has 9 heteroatoms. The lowest BCUT2D eigenvalue weighted by atomic mass is 9.98. The monoisotopic (exact) mass is 690 g/mol. The number of aliphatic hydroxyl groups excluding tert-OH is 1. The zero-order chi connectivity index (χ0) is 37.1. The summed E-state index contributed by atoms with van der Waals surface area (Å²) in [6.07, 6.45) is 4.50. The van der Waals surface area contributed by atoms with Crippen LogP contribution >= 0.6 is 0 Å². The Morgan fingerprint density at radius 2 is 1.27 bits per heavy atom. The minimum absolute atomic E-state index is 0.00502. The molecule has 8 bridgehead atoms. The fourth-order valence-corrected chi connectivity index (χ4v) is 7.39. The fourth-order valence-electron chi connectivity index (χ4n) is 7.39. The first-order chi connectivity index (χ1) is 24.2. The van der Waals surface area contributed by atoms with E-state index < -0.39 is 12.2 Å². The molecule has 5 N–H and O–H groups in total. The van der Waals surface area contributed by atoms with Crippen molar-refractivity contribution in [2.45, 2.75) is 99.4 Å². The summed E-state index contributed by atoms with van der Waals surface area (Å²) >= 11 is 0. The van der Waals surface area contributed by atoms with E-state index in [2.05, 4.69) is 93.9 Å². The van der Waals surface area contributed by atoms with E-state index in [9.17, 15) is 15.0 Å². The number of aliphatic hydroxyl groups is 1. The van der Waals surface area contributed by atoms with Crippen molar-refractivity contribution >= 4 is 62.5 Å². The van der Waals surface area contributed by atoms with Gasteiger partial charge in [0.1, 0.15) is 6.23 Å². The van der Waals surface area contributed by atoms with Crippen molar-refractivity contribution in [1.29, 1.82) is 0 Å². The molecule has 9 nitrogen and oxygen atoms in total. The predicted octanol–water partition coefficient (Wildman–Crippen LogP) is 8.75. The van der Waals surface area contributed by atoms with Gasteiger partial charge in [-0.15, -0.1) is 0 Å². The molecule has 0 aromatic carbocycles. The lowest BCUT2D eigenvalue weighted by Gasteiger charge is -2.30. The Morgan fingerprint density at radius 3 is 1.78 bits per heavy atom. The van der Waals surface area contributed by atoms with Crippen molar-refractivity contribution in [2.24, 2.45) is 0 Å². The number of carboxylic acid groups (broad SMARTS) is 1. The Labute approximate surface area is 302 Å². The second-order valence-corrected chi connectivity index (χ2v) is 14.3. The van der Waals surface area contributed by atoms with Crippen molar-refractivity contribution in [3.8, 4) is 0 Å². The molecule has 5 rings (SSSR count). The van der Waals surface area contributed by atoms with Crippen LogP contribution in [0, 0.1) is 13.8 Å². The van der Waals surface area contributed by atoms with E-state index in [-0.39, 0.29) is 6.42 Å². The van der Waals surface area contributed by atoms with Gasteiger partial charge >= 0.3 is 5.97 Å². The van der Waals surface area contributed by atoms with Crippen LogP contribution in [-0.4, -0.2) is 72.4 Å². The molecule has 2 aliphatic rings. The van der Waals surface area contributed by atoms with Gasteiger partial charge in [-0.25, -0.2) is 9.97 Å². The molecule has 5 heterocycles. The Bertz CT molecular complexity index is 2070. The van der Waals surface area contributed by atoms with E-state index in [1.807, 2.05) is 31.2 Å². The first kappa shape index (κ1) is 37.7. The number of aryl methyl sites for hydroxylation is 2. The summed E-state index contributed by atoms with van der Waals surface area (Å²) in [5.74, 6) is -0.855. The number of carbonyl (C=O) groups is 1. The van der Waals surface area contributed by atoms with Crippen LogP contribution in [0.2, 0.25) is 0 Å². The zero-order valence-corrected chi connectivity index (χ0v) is 31.5. The van der Waals surface area contributed by atoms with Crippen molar-refractivity contribution < 1.29 is 15.0 Å². The number of carboxylic acids is 1. The summed E-state index contributed by atoms with van der Waals surface area (Å²) in [6.45, 7) is 26.8. The number of aromatic nitrogens is 4. The molecule has 0 saturated carbocycles. The number of nitrogens with one attached hydrogen (secondary N) is 3. The zero-order valence-electron chi connectivity index (χ0n) is 31.5. The van der Waals surface area contributed by atoms with Gasteiger partial charge in [0.15, 0.2) is 0 Å². The molecule has 0 saturated heterocycles. The highest BCUT2D eigenvalue weighted by molar-refractivity contribution is 5.96. The average molecular weight is 691 g/mol. The molecule has 51 heavy (non-hydrogen) atoms. The first-order valence-electron chi connectivity index (χ1n) is 18.0. The lowest BCUT2D eigenvalue weighted by Crippen LogP contribution is -2.43. The van der Waals surface area contributed by atoms with Gasteiger partial charge in [0.05, 0.1) is 22.8 Å². The maximum absolute atomic E-state index is 11.7. The Morgan fingerprint density at radius 1 is 0.784 bits per heavy atom. The quantitative estimate of drug-likeness (QED) is 0.107. The second kappa shape index (κ2) is 15.8. The SMILES string of the molecule is C=Cc1c(C)c2cc3[nH]c(cc4nc(cc5nc(cc1[nH]2)C(C)=C5CCC(O)NCCN(C(C)C)C(C)C)C(CCC(=O)O)=C4C)c(C)c3C=C. The number of aromatic amines is 2. The van der Waals surface area contributed by atoms with Crippen molar-refractivity contribution in [1.82, 2.24) is 30.2 Å². The van der Waals surface area contributed by atoms with Crippen molar-refractivity contribution in [2.75, 3.05) is 13.1 Å². The van der Waals surface area contributed by atoms with Crippen LogP contribution in [0.3, 0.4) is 0 Å².